The Bertz CT molecular complexity index is 3140. The van der Waals surface area contributed by atoms with Gasteiger partial charge in [-0.1, -0.05) is 51.1 Å². The molecule has 5 fully saturated rings. The normalized spacial score (nSPS) is 31.3. The lowest BCUT2D eigenvalue weighted by molar-refractivity contribution is -0.236. The number of amides is 2. The van der Waals surface area contributed by atoms with E-state index in [0.29, 0.717) is 65.2 Å². The molecule has 372 valence electrons. The number of benzene rings is 1. The summed E-state index contributed by atoms with van der Waals surface area (Å²) >= 11 is 0. The summed E-state index contributed by atoms with van der Waals surface area (Å²) in [4.78, 5) is 72.2. The van der Waals surface area contributed by atoms with Crippen LogP contribution in [0.25, 0.3) is 33.5 Å². The molecule has 5 saturated heterocycles. The predicted octanol–water partition coefficient (Wildman–Crippen LogP) is -1.12. The molecule has 0 aliphatic carbocycles. The molecule has 2 amide bonds. The maximum Gasteiger partial charge on any atom is 0.295 e. The molecule has 12 rings (SSSR count). The van der Waals surface area contributed by atoms with Gasteiger partial charge in [0.25, 0.3) is 18.3 Å². The van der Waals surface area contributed by atoms with E-state index in [1.54, 1.807) is 26.4 Å². The van der Waals surface area contributed by atoms with Gasteiger partial charge in [0.15, 0.2) is 64.3 Å². The van der Waals surface area contributed by atoms with Crippen molar-refractivity contribution in [3.63, 3.8) is 0 Å². The number of carbonyl (C=O) groups is 3. The van der Waals surface area contributed by atoms with Gasteiger partial charge in [-0.3, -0.25) is 28.1 Å². The van der Waals surface area contributed by atoms with E-state index in [4.69, 9.17) is 46.6 Å². The zero-order valence-corrected chi connectivity index (χ0v) is 38.3. The number of morpholine rings is 2. The summed E-state index contributed by atoms with van der Waals surface area (Å²) in [6.07, 6.45) is 6.28. The molecule has 1 aromatic carbocycles. The van der Waals surface area contributed by atoms with Crippen LogP contribution >= 0.6 is 0 Å². The zero-order valence-electron chi connectivity index (χ0n) is 38.3. The molecular weight excluding hydrogens is 929 g/mol. The Hall–Kier alpha value is -7.60. The van der Waals surface area contributed by atoms with Crippen molar-refractivity contribution < 1.29 is 48.3 Å². The molecule has 0 saturated carbocycles. The van der Waals surface area contributed by atoms with Crippen molar-refractivity contribution in [1.82, 2.24) is 69.2 Å². The van der Waals surface area contributed by atoms with E-state index >= 15 is 0 Å². The third-order valence-electron chi connectivity index (χ3n) is 13.9. The second-order valence-corrected chi connectivity index (χ2v) is 17.5. The van der Waals surface area contributed by atoms with Crippen LogP contribution in [0.1, 0.15) is 57.9 Å². The van der Waals surface area contributed by atoms with Gasteiger partial charge in [-0.05, 0) is 12.0 Å². The number of hydrogen-bond donors (Lipinski definition) is 8. The van der Waals surface area contributed by atoms with Gasteiger partial charge in [0.05, 0.1) is 38.2 Å². The van der Waals surface area contributed by atoms with Crippen molar-refractivity contribution in [3.8, 4) is 0 Å². The van der Waals surface area contributed by atoms with Crippen LogP contribution in [0.15, 0.2) is 68.3 Å². The summed E-state index contributed by atoms with van der Waals surface area (Å²) in [7, 11) is 0. The number of hydrogen-bond acceptors (Lipinski definition) is 23. The Labute approximate surface area is 401 Å². The van der Waals surface area contributed by atoms with E-state index in [9.17, 15) is 24.6 Å². The van der Waals surface area contributed by atoms with Crippen LogP contribution < -0.4 is 33.6 Å². The summed E-state index contributed by atoms with van der Waals surface area (Å²) in [5.74, 6) is -1.11. The fourth-order valence-electron chi connectivity index (χ4n) is 9.97. The maximum absolute atomic E-state index is 12.7. The number of carbonyl (C=O) groups excluding carboxylic acids is 3. The maximum atomic E-state index is 12.7. The molecule has 5 aliphatic rings. The Morgan fingerprint density at radius 1 is 0.704 bits per heavy atom. The minimum Gasteiger partial charge on any atom is -0.435 e. The number of anilines is 3. The van der Waals surface area contributed by atoms with Crippen molar-refractivity contribution in [2.75, 3.05) is 23.8 Å². The number of nitrogens with two attached hydrogens (primary N) is 4. The molecule has 11 heterocycles. The van der Waals surface area contributed by atoms with Crippen molar-refractivity contribution in [1.29, 1.82) is 0 Å². The highest BCUT2D eigenvalue weighted by Gasteiger charge is 2.67. The number of imidazole rings is 3. The first-order chi connectivity index (χ1) is 34.3. The first-order valence-corrected chi connectivity index (χ1v) is 22.5. The number of fused-ring (bicyclic) bond motifs is 7. The molecule has 3 unspecified atom stereocenters. The number of nitrogens with zero attached hydrogens (tertiary/aromatic N) is 12. The summed E-state index contributed by atoms with van der Waals surface area (Å²) in [5, 5.41) is 25.3. The molecule has 71 heavy (non-hydrogen) atoms. The highest BCUT2D eigenvalue weighted by Crippen LogP contribution is 2.48. The summed E-state index contributed by atoms with van der Waals surface area (Å²) < 4.78 is 34.4. The van der Waals surface area contributed by atoms with Crippen LogP contribution in [0.5, 0.6) is 0 Å². The minimum atomic E-state index is -1.65. The molecule has 28 nitrogen and oxygen atoms in total. The number of ether oxygens (including phenoxy) is 5. The van der Waals surface area contributed by atoms with Crippen LogP contribution in [-0.2, 0) is 44.7 Å². The molecule has 6 aromatic heterocycles. The first kappa shape index (κ1) is 47.1. The van der Waals surface area contributed by atoms with Gasteiger partial charge in [0, 0.05) is 12.3 Å². The number of nitrogens with one attached hydrogen (secondary N) is 2. The SMILES string of the molecule is CC[C@@]1(OC=O)O[C@@H](n2cnc3c(N)ncnc32)[C@@H](N)C1C.CC[C@]12O[C@@H](n3cnc4c(N)ncnc43)[C@@H](NC1=O)C2OCc1ccccc1.Nc1ncnc2c1ncn2[C@@H]1O[C@@]2(CO)C(=O)N[C@H]1C2O. The fraction of sp³-hybridized carbons (Fsp3) is 0.442. The van der Waals surface area contributed by atoms with Crippen molar-refractivity contribution in [2.45, 2.75) is 106 Å². The van der Waals surface area contributed by atoms with Crippen molar-refractivity contribution >= 4 is 69.2 Å². The van der Waals surface area contributed by atoms with E-state index in [2.05, 4.69) is 55.5 Å². The summed E-state index contributed by atoms with van der Waals surface area (Å²) in [5.41, 5.74) is 24.9. The van der Waals surface area contributed by atoms with Crippen LogP contribution in [0.4, 0.5) is 17.5 Å². The second-order valence-electron chi connectivity index (χ2n) is 17.5. The van der Waals surface area contributed by atoms with Crippen LogP contribution in [-0.4, -0.2) is 141 Å². The van der Waals surface area contributed by atoms with Gasteiger partial charge in [-0.15, -0.1) is 0 Å². The van der Waals surface area contributed by atoms with Gasteiger partial charge in [0.2, 0.25) is 5.79 Å². The predicted molar refractivity (Wildman–Crippen MR) is 245 cm³/mol. The Morgan fingerprint density at radius 3 is 1.69 bits per heavy atom. The summed E-state index contributed by atoms with van der Waals surface area (Å²) in [6, 6.07) is 8.41. The molecule has 12 N–H and O–H groups in total. The average Bonchev–Trinajstić information content (AvgIpc) is 4.28. The summed E-state index contributed by atoms with van der Waals surface area (Å²) in [6.45, 7) is 5.86. The van der Waals surface area contributed by atoms with E-state index in [1.165, 1.54) is 25.3 Å². The van der Waals surface area contributed by atoms with Crippen LogP contribution in [0.2, 0.25) is 0 Å². The Morgan fingerprint density at radius 2 is 1.20 bits per heavy atom. The lowest BCUT2D eigenvalue weighted by Crippen LogP contribution is -2.51. The first-order valence-electron chi connectivity index (χ1n) is 22.5. The molecule has 28 heteroatoms. The minimum absolute atomic E-state index is 0.145. The molecule has 7 aromatic rings. The average molecular weight is 979 g/mol. The Balaban J connectivity index is 0.000000125. The van der Waals surface area contributed by atoms with Crippen molar-refractivity contribution in [3.05, 3.63) is 73.9 Å². The number of aliphatic hydroxyl groups is 2. The van der Waals surface area contributed by atoms with Gasteiger partial charge in [0.1, 0.15) is 59.8 Å². The van der Waals surface area contributed by atoms with Crippen LogP contribution in [0.3, 0.4) is 0 Å². The number of aliphatic hydroxyl groups excluding tert-OH is 2. The highest BCUT2D eigenvalue weighted by atomic mass is 16.7. The molecular formula is C43H50N18O10. The number of nitrogen functional groups attached to an aromatic ring is 3. The third kappa shape index (κ3) is 7.32. The second kappa shape index (κ2) is 18.0. The third-order valence-corrected chi connectivity index (χ3v) is 13.9. The van der Waals surface area contributed by atoms with Gasteiger partial charge < -0.3 is 67.5 Å². The lowest BCUT2D eigenvalue weighted by atomic mass is 9.93. The lowest BCUT2D eigenvalue weighted by Gasteiger charge is -2.29. The van der Waals surface area contributed by atoms with Crippen LogP contribution in [0, 0.1) is 5.92 Å². The molecule has 4 bridgehead atoms. The number of aromatic nitrogens is 12. The van der Waals surface area contributed by atoms with Gasteiger partial charge >= 0.3 is 0 Å². The topological polar surface area (TPSA) is 397 Å². The molecule has 0 spiro atoms. The van der Waals surface area contributed by atoms with E-state index in [-0.39, 0.29) is 29.5 Å². The van der Waals surface area contributed by atoms with E-state index in [1.807, 2.05) is 51.1 Å². The molecule has 12 atom stereocenters. The monoisotopic (exact) mass is 978 g/mol. The fourth-order valence-corrected chi connectivity index (χ4v) is 9.97. The highest BCUT2D eigenvalue weighted by molar-refractivity contribution is 5.91. The van der Waals surface area contributed by atoms with Gasteiger partial charge in [-0.25, -0.2) is 44.9 Å². The van der Waals surface area contributed by atoms with E-state index in [0.717, 1.165) is 5.56 Å². The smallest absolute Gasteiger partial charge is 0.295 e. The van der Waals surface area contributed by atoms with Crippen molar-refractivity contribution in [2.24, 2.45) is 11.7 Å². The van der Waals surface area contributed by atoms with E-state index < -0.39 is 72.5 Å². The molecule has 0 radical (unpaired) electrons. The quantitative estimate of drug-likeness (QED) is 0.0712. The Kier molecular flexibility index (Phi) is 11.9. The van der Waals surface area contributed by atoms with Gasteiger partial charge in [-0.2, -0.15) is 0 Å². The molecule has 5 aliphatic heterocycles. The zero-order chi connectivity index (χ0) is 50.0. The standard InChI is InChI=1S/C19H20N6O3.C13H18N6O3.C11H12N6O4/c1-2-19-14(27-8-11-6-4-3-5-7-11)12(24-18(19)26)17(28-19)25-10-23-13-15(20)21-9-22-16(13)25;1-3-13(21-6-20)7(2)8(14)12(22-13)19-5-18-9-10(15)16-4-17-11(9)19;12-7-5-8(14-2-13-7)17(3-15-5)9-4-6(19)11(1-18,21-9)10(20)16-4/h3-7,9-10,12,14,17H,2,8H2,1H3,(H,24,26)(H2,20,21,22);4-8,12H,3,14H2,1-2H3,(H2,15,16,17);2-4,6,9,18-19H,1H2,(H,16,20)(H2,12,13,14)/t12-,14?,17+,19+;7?,8-,12+,13+;4-,6?,9+,11+/m000/s1. The largest absolute Gasteiger partial charge is 0.435 e. The number of rotatable bonds is 11.